The van der Waals surface area contributed by atoms with Crippen molar-refractivity contribution in [2.75, 3.05) is 5.32 Å². The van der Waals surface area contributed by atoms with E-state index in [1.807, 2.05) is 19.1 Å². The molecule has 0 spiro atoms. The van der Waals surface area contributed by atoms with Gasteiger partial charge in [-0.05, 0) is 24.6 Å². The number of anilines is 1. The van der Waals surface area contributed by atoms with Crippen molar-refractivity contribution in [1.82, 2.24) is 4.98 Å². The Bertz CT molecular complexity index is 498. The summed E-state index contributed by atoms with van der Waals surface area (Å²) in [6.45, 7) is 2.59. The fourth-order valence-corrected chi connectivity index (χ4v) is 2.26. The minimum absolute atomic E-state index is 0.251. The third kappa shape index (κ3) is 2.65. The summed E-state index contributed by atoms with van der Waals surface area (Å²) in [5.41, 5.74) is 1.83. The van der Waals surface area contributed by atoms with E-state index in [0.29, 0.717) is 11.0 Å². The van der Waals surface area contributed by atoms with Crippen LogP contribution in [-0.2, 0) is 6.54 Å². The van der Waals surface area contributed by atoms with Crippen LogP contribution < -0.4 is 5.32 Å². The van der Waals surface area contributed by atoms with E-state index in [4.69, 9.17) is 11.6 Å². The SMILES string of the molecule is Cc1ccc(O)c(NCc2cnc(Cl)s2)c1. The van der Waals surface area contributed by atoms with Gasteiger partial charge >= 0.3 is 0 Å². The van der Waals surface area contributed by atoms with E-state index in [0.717, 1.165) is 16.1 Å². The lowest BCUT2D eigenvalue weighted by molar-refractivity contribution is 0.477. The normalized spacial score (nSPS) is 10.4. The Balaban J connectivity index is 2.07. The van der Waals surface area contributed by atoms with Gasteiger partial charge in [0, 0.05) is 11.1 Å². The number of aryl methyl sites for hydroxylation is 1. The molecule has 0 fully saturated rings. The monoisotopic (exact) mass is 254 g/mol. The van der Waals surface area contributed by atoms with E-state index in [1.165, 1.54) is 11.3 Å². The number of hydrogen-bond acceptors (Lipinski definition) is 4. The summed E-state index contributed by atoms with van der Waals surface area (Å²) in [4.78, 5) is 4.98. The second kappa shape index (κ2) is 4.72. The number of halogens is 1. The molecule has 16 heavy (non-hydrogen) atoms. The number of aromatic hydroxyl groups is 1. The van der Waals surface area contributed by atoms with Crippen LogP contribution in [0.3, 0.4) is 0 Å². The third-order valence-corrected chi connectivity index (χ3v) is 3.25. The molecule has 0 aliphatic heterocycles. The number of thiazole rings is 1. The minimum Gasteiger partial charge on any atom is -0.506 e. The lowest BCUT2D eigenvalue weighted by Gasteiger charge is -2.07. The molecule has 0 atom stereocenters. The highest BCUT2D eigenvalue weighted by molar-refractivity contribution is 7.15. The molecule has 1 aromatic carbocycles. The Labute approximate surface area is 103 Å². The van der Waals surface area contributed by atoms with Gasteiger partial charge in [0.25, 0.3) is 0 Å². The third-order valence-electron chi connectivity index (χ3n) is 2.13. The van der Waals surface area contributed by atoms with E-state index in [1.54, 1.807) is 12.3 Å². The summed E-state index contributed by atoms with van der Waals surface area (Å²) in [5.74, 6) is 0.251. The van der Waals surface area contributed by atoms with Gasteiger partial charge in [0.15, 0.2) is 4.47 Å². The van der Waals surface area contributed by atoms with E-state index in [2.05, 4.69) is 10.3 Å². The first-order valence-corrected chi connectivity index (χ1v) is 5.98. The van der Waals surface area contributed by atoms with Gasteiger partial charge in [-0.1, -0.05) is 17.7 Å². The molecule has 2 N–H and O–H groups in total. The smallest absolute Gasteiger partial charge is 0.183 e. The van der Waals surface area contributed by atoms with Crippen LogP contribution in [0.2, 0.25) is 4.47 Å². The molecule has 0 radical (unpaired) electrons. The van der Waals surface area contributed by atoms with Crippen molar-refractivity contribution in [3.63, 3.8) is 0 Å². The molecular weight excluding hydrogens is 244 g/mol. The van der Waals surface area contributed by atoms with Crippen LogP contribution in [-0.4, -0.2) is 10.1 Å². The number of benzene rings is 1. The van der Waals surface area contributed by atoms with Crippen molar-refractivity contribution in [1.29, 1.82) is 0 Å². The fraction of sp³-hybridized carbons (Fsp3) is 0.182. The summed E-state index contributed by atoms with van der Waals surface area (Å²) < 4.78 is 0.533. The van der Waals surface area contributed by atoms with Crippen molar-refractivity contribution < 1.29 is 5.11 Å². The summed E-state index contributed by atoms with van der Waals surface area (Å²) in [6, 6.07) is 5.44. The second-order valence-electron chi connectivity index (χ2n) is 3.45. The molecule has 3 nitrogen and oxygen atoms in total. The van der Waals surface area contributed by atoms with Crippen molar-refractivity contribution in [2.24, 2.45) is 0 Å². The van der Waals surface area contributed by atoms with Crippen LogP contribution >= 0.6 is 22.9 Å². The Kier molecular flexibility index (Phi) is 3.31. The summed E-state index contributed by atoms with van der Waals surface area (Å²) in [7, 11) is 0. The average molecular weight is 255 g/mol. The van der Waals surface area contributed by atoms with Crippen LogP contribution in [0.15, 0.2) is 24.4 Å². The molecule has 0 aliphatic carbocycles. The van der Waals surface area contributed by atoms with Crippen molar-refractivity contribution in [2.45, 2.75) is 13.5 Å². The first-order chi connectivity index (χ1) is 7.65. The molecule has 84 valence electrons. The van der Waals surface area contributed by atoms with Crippen molar-refractivity contribution in [3.8, 4) is 5.75 Å². The van der Waals surface area contributed by atoms with Crippen LogP contribution in [0.4, 0.5) is 5.69 Å². The number of phenolic OH excluding ortho intramolecular Hbond substituents is 1. The standard InChI is InChI=1S/C11H11ClN2OS/c1-7-2-3-10(15)9(4-7)13-5-8-6-14-11(12)16-8/h2-4,6,13,15H,5H2,1H3. The zero-order valence-electron chi connectivity index (χ0n) is 8.70. The van der Waals surface area contributed by atoms with Crippen molar-refractivity contribution >= 4 is 28.6 Å². The molecule has 0 aliphatic rings. The van der Waals surface area contributed by atoms with Gasteiger partial charge in [-0.25, -0.2) is 4.98 Å². The zero-order valence-corrected chi connectivity index (χ0v) is 10.3. The Hall–Kier alpha value is -1.26. The van der Waals surface area contributed by atoms with Gasteiger partial charge in [-0.3, -0.25) is 0 Å². The zero-order chi connectivity index (χ0) is 11.5. The summed E-state index contributed by atoms with van der Waals surface area (Å²) in [5, 5.41) is 12.8. The van der Waals surface area contributed by atoms with E-state index in [9.17, 15) is 5.11 Å². The topological polar surface area (TPSA) is 45.1 Å². The quantitative estimate of drug-likeness (QED) is 0.825. The number of nitrogens with one attached hydrogen (secondary N) is 1. The number of nitrogens with zero attached hydrogens (tertiary/aromatic N) is 1. The molecule has 0 bridgehead atoms. The fourth-order valence-electron chi connectivity index (χ4n) is 1.34. The molecule has 0 unspecified atom stereocenters. The van der Waals surface area contributed by atoms with Gasteiger partial charge in [-0.15, -0.1) is 11.3 Å². The number of aromatic nitrogens is 1. The van der Waals surface area contributed by atoms with E-state index < -0.39 is 0 Å². The minimum atomic E-state index is 0.251. The number of rotatable bonds is 3. The van der Waals surface area contributed by atoms with Gasteiger partial charge in [-0.2, -0.15) is 0 Å². The number of hydrogen-bond donors (Lipinski definition) is 2. The molecule has 1 heterocycles. The molecule has 0 saturated carbocycles. The molecule has 0 saturated heterocycles. The van der Waals surface area contributed by atoms with Gasteiger partial charge in [0.05, 0.1) is 12.2 Å². The summed E-state index contributed by atoms with van der Waals surface area (Å²) >= 11 is 7.16. The first kappa shape index (κ1) is 11.2. The number of phenols is 1. The van der Waals surface area contributed by atoms with Gasteiger partial charge in [0.2, 0.25) is 0 Å². The lowest BCUT2D eigenvalue weighted by Crippen LogP contribution is -1.97. The van der Waals surface area contributed by atoms with Crippen LogP contribution in [0.1, 0.15) is 10.4 Å². The molecular formula is C11H11ClN2OS. The van der Waals surface area contributed by atoms with Crippen LogP contribution in [0.25, 0.3) is 0 Å². The molecule has 2 aromatic rings. The molecule has 0 amide bonds. The molecule has 5 heteroatoms. The van der Waals surface area contributed by atoms with Crippen LogP contribution in [0, 0.1) is 6.92 Å². The highest BCUT2D eigenvalue weighted by Crippen LogP contribution is 2.25. The highest BCUT2D eigenvalue weighted by Gasteiger charge is 2.03. The van der Waals surface area contributed by atoms with E-state index in [-0.39, 0.29) is 5.75 Å². The maximum atomic E-state index is 9.62. The lowest BCUT2D eigenvalue weighted by atomic mass is 10.2. The van der Waals surface area contributed by atoms with Crippen molar-refractivity contribution in [3.05, 3.63) is 39.3 Å². The first-order valence-electron chi connectivity index (χ1n) is 4.79. The summed E-state index contributed by atoms with van der Waals surface area (Å²) in [6.07, 6.45) is 1.73. The highest BCUT2D eigenvalue weighted by atomic mass is 35.5. The maximum absolute atomic E-state index is 9.62. The van der Waals surface area contributed by atoms with E-state index >= 15 is 0 Å². The van der Waals surface area contributed by atoms with Crippen LogP contribution in [0.5, 0.6) is 5.75 Å². The predicted octanol–water partition coefficient (Wildman–Crippen LogP) is 3.42. The molecule has 2 rings (SSSR count). The predicted molar refractivity (Wildman–Crippen MR) is 67.3 cm³/mol. The van der Waals surface area contributed by atoms with Gasteiger partial charge < -0.3 is 10.4 Å². The maximum Gasteiger partial charge on any atom is 0.183 e. The Morgan fingerprint density at radius 1 is 1.50 bits per heavy atom. The Morgan fingerprint density at radius 3 is 3.00 bits per heavy atom. The second-order valence-corrected chi connectivity index (χ2v) is 5.15. The Morgan fingerprint density at radius 2 is 2.31 bits per heavy atom. The molecule has 1 aromatic heterocycles. The largest absolute Gasteiger partial charge is 0.506 e. The van der Waals surface area contributed by atoms with Gasteiger partial charge in [0.1, 0.15) is 5.75 Å². The average Bonchev–Trinajstić information content (AvgIpc) is 2.66.